The van der Waals surface area contributed by atoms with E-state index in [9.17, 15) is 4.79 Å². The minimum Gasteiger partial charge on any atom is -0.353 e. The van der Waals surface area contributed by atoms with Gasteiger partial charge in [-0.05, 0) is 37.1 Å². The predicted molar refractivity (Wildman–Crippen MR) is 111 cm³/mol. The summed E-state index contributed by atoms with van der Waals surface area (Å²) in [5, 5.41) is 8.62. The third-order valence-corrected chi connectivity index (χ3v) is 5.91. The first-order valence-corrected chi connectivity index (χ1v) is 10.3. The first-order valence-electron chi connectivity index (χ1n) is 10.3. The van der Waals surface area contributed by atoms with Crippen molar-refractivity contribution in [3.8, 4) is 0 Å². The second kappa shape index (κ2) is 7.69. The van der Waals surface area contributed by atoms with E-state index in [0.29, 0.717) is 6.54 Å². The summed E-state index contributed by atoms with van der Waals surface area (Å²) < 4.78 is 2.00. The van der Waals surface area contributed by atoms with Crippen LogP contribution in [0.2, 0.25) is 0 Å². The van der Waals surface area contributed by atoms with Gasteiger partial charge in [0.15, 0.2) is 5.65 Å². The molecule has 5 rings (SSSR count). The molecule has 0 bridgehead atoms. The molecular weight excluding hydrogens is 366 g/mol. The number of nitrogens with zero attached hydrogens (tertiary/aromatic N) is 7. The molecule has 0 aliphatic carbocycles. The highest BCUT2D eigenvalue weighted by Gasteiger charge is 2.32. The van der Waals surface area contributed by atoms with Crippen LogP contribution in [0.3, 0.4) is 0 Å². The van der Waals surface area contributed by atoms with E-state index in [4.69, 9.17) is 0 Å². The Morgan fingerprint density at radius 2 is 1.79 bits per heavy atom. The molecule has 2 saturated heterocycles. The molecule has 29 heavy (non-hydrogen) atoms. The number of piperazine rings is 1. The van der Waals surface area contributed by atoms with Crippen LogP contribution in [-0.2, 0) is 4.79 Å². The Morgan fingerprint density at radius 3 is 2.62 bits per heavy atom. The fraction of sp³-hybridized carbons (Fsp3) is 0.429. The fourth-order valence-corrected chi connectivity index (χ4v) is 4.36. The Labute approximate surface area is 169 Å². The highest BCUT2D eigenvalue weighted by atomic mass is 16.2. The summed E-state index contributed by atoms with van der Waals surface area (Å²) in [4.78, 5) is 24.1. The van der Waals surface area contributed by atoms with Crippen LogP contribution in [0, 0.1) is 5.92 Å². The first-order chi connectivity index (χ1) is 14.3. The Hall–Kier alpha value is -3.16. The Bertz CT molecular complexity index is 981. The molecule has 0 radical (unpaired) electrons. The first kappa shape index (κ1) is 17.9. The van der Waals surface area contributed by atoms with Crippen molar-refractivity contribution in [2.75, 3.05) is 49.1 Å². The molecule has 1 amide bonds. The van der Waals surface area contributed by atoms with E-state index in [1.807, 2.05) is 58.1 Å². The number of anilines is 2. The van der Waals surface area contributed by atoms with Crippen molar-refractivity contribution in [1.82, 2.24) is 24.5 Å². The molecule has 1 atom stereocenters. The number of hydrogen-bond donors (Lipinski definition) is 0. The van der Waals surface area contributed by atoms with Gasteiger partial charge in [0, 0.05) is 51.7 Å². The van der Waals surface area contributed by atoms with Gasteiger partial charge >= 0.3 is 0 Å². The average molecular weight is 391 g/mol. The number of fused-ring (bicyclic) bond motifs is 1. The molecule has 3 aromatic rings. The van der Waals surface area contributed by atoms with Crippen molar-refractivity contribution in [3.63, 3.8) is 0 Å². The number of hydrogen-bond acceptors (Lipinski definition) is 6. The predicted octanol–water partition coefficient (Wildman–Crippen LogP) is 1.69. The molecule has 2 aliphatic heterocycles. The van der Waals surface area contributed by atoms with E-state index in [2.05, 4.69) is 25.0 Å². The molecule has 2 aliphatic rings. The maximum absolute atomic E-state index is 13.2. The van der Waals surface area contributed by atoms with E-state index in [-0.39, 0.29) is 11.8 Å². The number of pyridine rings is 2. The quantitative estimate of drug-likeness (QED) is 0.677. The summed E-state index contributed by atoms with van der Waals surface area (Å²) in [5.41, 5.74) is 0.835. The zero-order chi connectivity index (χ0) is 19.6. The molecule has 150 valence electrons. The second-order valence-electron chi connectivity index (χ2n) is 7.71. The largest absolute Gasteiger partial charge is 0.353 e. The van der Waals surface area contributed by atoms with Crippen LogP contribution < -0.4 is 9.80 Å². The van der Waals surface area contributed by atoms with Crippen LogP contribution in [0.25, 0.3) is 5.65 Å². The Balaban J connectivity index is 1.24. The smallest absolute Gasteiger partial charge is 0.231 e. The lowest BCUT2D eigenvalue weighted by atomic mass is 9.96. The number of aromatic nitrogens is 4. The Morgan fingerprint density at radius 1 is 0.931 bits per heavy atom. The van der Waals surface area contributed by atoms with Gasteiger partial charge in [-0.1, -0.05) is 12.1 Å². The van der Waals surface area contributed by atoms with Crippen LogP contribution in [0.5, 0.6) is 0 Å². The van der Waals surface area contributed by atoms with Gasteiger partial charge in [0.25, 0.3) is 0 Å². The molecule has 1 unspecified atom stereocenters. The van der Waals surface area contributed by atoms with Gasteiger partial charge < -0.3 is 14.7 Å². The zero-order valence-electron chi connectivity index (χ0n) is 16.4. The van der Waals surface area contributed by atoms with Gasteiger partial charge in [-0.15, -0.1) is 10.2 Å². The van der Waals surface area contributed by atoms with Crippen molar-refractivity contribution < 1.29 is 4.79 Å². The van der Waals surface area contributed by atoms with Crippen molar-refractivity contribution in [1.29, 1.82) is 0 Å². The van der Waals surface area contributed by atoms with Crippen LogP contribution in [0.4, 0.5) is 11.8 Å². The van der Waals surface area contributed by atoms with E-state index >= 15 is 0 Å². The highest BCUT2D eigenvalue weighted by Crippen LogP contribution is 2.24. The summed E-state index contributed by atoms with van der Waals surface area (Å²) in [6, 6.07) is 11.8. The summed E-state index contributed by atoms with van der Waals surface area (Å²) in [7, 11) is 0. The Kier molecular flexibility index (Phi) is 4.75. The van der Waals surface area contributed by atoms with Gasteiger partial charge in [-0.25, -0.2) is 4.98 Å². The molecule has 8 nitrogen and oxygen atoms in total. The van der Waals surface area contributed by atoms with E-state index < -0.39 is 0 Å². The van der Waals surface area contributed by atoms with Crippen molar-refractivity contribution in [2.24, 2.45) is 5.92 Å². The maximum Gasteiger partial charge on any atom is 0.231 e. The minimum atomic E-state index is 0.0150. The fourth-order valence-electron chi connectivity index (χ4n) is 4.36. The lowest BCUT2D eigenvalue weighted by molar-refractivity contribution is -0.136. The summed E-state index contributed by atoms with van der Waals surface area (Å²) >= 11 is 0. The zero-order valence-corrected chi connectivity index (χ0v) is 16.4. The third-order valence-electron chi connectivity index (χ3n) is 5.91. The number of piperidine rings is 1. The van der Waals surface area contributed by atoms with Crippen LogP contribution in [0.15, 0.2) is 48.8 Å². The SMILES string of the molecule is O=C(C1CCCN(c2nnc3ccccn23)C1)N1CCN(c2ccccn2)CC1. The van der Waals surface area contributed by atoms with Crippen molar-refractivity contribution in [2.45, 2.75) is 12.8 Å². The molecule has 2 fully saturated rings. The number of rotatable bonds is 3. The summed E-state index contributed by atoms with van der Waals surface area (Å²) in [6.45, 7) is 4.77. The molecule has 0 spiro atoms. The van der Waals surface area contributed by atoms with Crippen LogP contribution in [-0.4, -0.2) is 69.7 Å². The third kappa shape index (κ3) is 3.50. The summed E-state index contributed by atoms with van der Waals surface area (Å²) in [6.07, 6.45) is 5.73. The van der Waals surface area contributed by atoms with Crippen LogP contribution >= 0.6 is 0 Å². The lowest BCUT2D eigenvalue weighted by Gasteiger charge is -2.39. The monoisotopic (exact) mass is 391 g/mol. The molecule has 0 aromatic carbocycles. The topological polar surface area (TPSA) is 69.9 Å². The van der Waals surface area contributed by atoms with Gasteiger partial charge in [0.05, 0.1) is 5.92 Å². The number of carbonyl (C=O) groups is 1. The lowest BCUT2D eigenvalue weighted by Crippen LogP contribution is -2.53. The van der Waals surface area contributed by atoms with Crippen LogP contribution in [0.1, 0.15) is 12.8 Å². The standard InChI is InChI=1S/C21H25N7O/c29-20(26-14-12-25(13-15-26)18-7-1-3-9-22-18)17-6-5-10-27(16-17)21-24-23-19-8-2-4-11-28(19)21/h1-4,7-9,11,17H,5-6,10,12-16H2. The summed E-state index contributed by atoms with van der Waals surface area (Å²) in [5.74, 6) is 2.10. The van der Waals surface area contributed by atoms with Gasteiger partial charge in [0.2, 0.25) is 11.9 Å². The average Bonchev–Trinajstić information content (AvgIpc) is 3.24. The van der Waals surface area contributed by atoms with Gasteiger partial charge in [-0.2, -0.15) is 0 Å². The van der Waals surface area contributed by atoms with E-state index in [1.165, 1.54) is 0 Å². The highest BCUT2D eigenvalue weighted by molar-refractivity contribution is 5.80. The molecule has 5 heterocycles. The molecule has 3 aromatic heterocycles. The van der Waals surface area contributed by atoms with E-state index in [1.54, 1.807) is 0 Å². The van der Waals surface area contributed by atoms with Gasteiger partial charge in [0.1, 0.15) is 5.82 Å². The van der Waals surface area contributed by atoms with Crippen molar-refractivity contribution in [3.05, 3.63) is 48.8 Å². The molecule has 8 heteroatoms. The maximum atomic E-state index is 13.2. The molecular formula is C21H25N7O. The number of carbonyl (C=O) groups excluding carboxylic acids is 1. The number of amides is 1. The van der Waals surface area contributed by atoms with Gasteiger partial charge in [-0.3, -0.25) is 9.20 Å². The minimum absolute atomic E-state index is 0.0150. The van der Waals surface area contributed by atoms with E-state index in [0.717, 1.165) is 63.0 Å². The molecule has 0 saturated carbocycles. The second-order valence-corrected chi connectivity index (χ2v) is 7.71. The normalized spacial score (nSPS) is 20.3. The van der Waals surface area contributed by atoms with Crippen molar-refractivity contribution >= 4 is 23.3 Å². The molecule has 0 N–H and O–H groups in total.